The van der Waals surface area contributed by atoms with Crippen LogP contribution in [0.2, 0.25) is 0 Å². The second kappa shape index (κ2) is 8.66. The highest BCUT2D eigenvalue weighted by molar-refractivity contribution is 7.98. The fraction of sp³-hybridized carbons (Fsp3) is 0.650. The maximum atomic E-state index is 6.40. The van der Waals surface area contributed by atoms with Crippen molar-refractivity contribution in [3.8, 4) is 0 Å². The molecule has 4 rings (SSSR count). The normalized spacial score (nSPS) is 19.5. The molecule has 1 fully saturated rings. The topological polar surface area (TPSA) is 39.5 Å². The lowest BCUT2D eigenvalue weighted by Gasteiger charge is -2.43. The number of aryl methyl sites for hydroxylation is 1. The number of aromatic nitrogens is 2. The van der Waals surface area contributed by atoms with Gasteiger partial charge >= 0.3 is 0 Å². The maximum absolute atomic E-state index is 6.40. The zero-order valence-electron chi connectivity index (χ0n) is 16.3. The Morgan fingerprint density at radius 3 is 3.00 bits per heavy atom. The van der Waals surface area contributed by atoms with Gasteiger partial charge < -0.3 is 9.47 Å². The smallest absolute Gasteiger partial charge is 0.105 e. The Bertz CT molecular complexity index is 750. The molecule has 0 unspecified atom stereocenters. The zero-order chi connectivity index (χ0) is 18.7. The summed E-state index contributed by atoms with van der Waals surface area (Å²) < 4.78 is 13.8. The third-order valence-electron chi connectivity index (χ3n) is 5.59. The summed E-state index contributed by atoms with van der Waals surface area (Å²) in [5, 5.41) is 4.49. The van der Waals surface area contributed by atoms with Gasteiger partial charge in [-0.2, -0.15) is 16.9 Å². The van der Waals surface area contributed by atoms with Crippen molar-refractivity contribution in [2.24, 2.45) is 0 Å². The van der Waals surface area contributed by atoms with Gasteiger partial charge in [-0.1, -0.05) is 0 Å². The zero-order valence-corrected chi connectivity index (χ0v) is 17.9. The van der Waals surface area contributed by atoms with Crippen LogP contribution in [0, 0.1) is 0 Å². The van der Waals surface area contributed by atoms with Gasteiger partial charge in [0.25, 0.3) is 0 Å². The van der Waals surface area contributed by atoms with Gasteiger partial charge in [-0.3, -0.25) is 9.58 Å². The van der Waals surface area contributed by atoms with Crippen LogP contribution in [0.1, 0.15) is 33.7 Å². The highest BCUT2D eigenvalue weighted by Gasteiger charge is 2.42. The minimum Gasteiger partial charge on any atom is -0.379 e. The lowest BCUT2D eigenvalue weighted by molar-refractivity contribution is -0.0960. The molecule has 1 spiro atoms. The molecule has 2 aliphatic heterocycles. The van der Waals surface area contributed by atoms with Crippen LogP contribution in [0.5, 0.6) is 0 Å². The SMILES string of the molecule is COCc1cc2c(s1)C1(CCN(Cc3cnn(CCSC)c3)CC1)OCC2. The first-order valence-corrected chi connectivity index (χ1v) is 11.9. The van der Waals surface area contributed by atoms with Crippen molar-refractivity contribution in [1.82, 2.24) is 14.7 Å². The van der Waals surface area contributed by atoms with E-state index in [1.165, 1.54) is 20.9 Å². The molecule has 0 saturated carbocycles. The lowest BCUT2D eigenvalue weighted by Crippen LogP contribution is -2.45. The highest BCUT2D eigenvalue weighted by atomic mass is 32.2. The molecule has 0 bridgehead atoms. The minimum absolute atomic E-state index is 0.0662. The fourth-order valence-corrected chi connectivity index (χ4v) is 5.94. The van der Waals surface area contributed by atoms with E-state index in [0.717, 1.165) is 57.8 Å². The van der Waals surface area contributed by atoms with Gasteiger partial charge in [0, 0.05) is 60.6 Å². The molecule has 2 aliphatic rings. The number of hydrogen-bond donors (Lipinski definition) is 0. The Morgan fingerprint density at radius 2 is 2.22 bits per heavy atom. The van der Waals surface area contributed by atoms with Crippen LogP contribution in [-0.4, -0.2) is 53.5 Å². The number of piperidine rings is 1. The number of rotatable bonds is 7. The Balaban J connectivity index is 1.38. The van der Waals surface area contributed by atoms with Crippen LogP contribution in [0.15, 0.2) is 18.5 Å². The van der Waals surface area contributed by atoms with Gasteiger partial charge in [0.2, 0.25) is 0 Å². The van der Waals surface area contributed by atoms with Gasteiger partial charge in [0.1, 0.15) is 5.60 Å². The summed E-state index contributed by atoms with van der Waals surface area (Å²) in [5.41, 5.74) is 2.74. The minimum atomic E-state index is -0.0662. The van der Waals surface area contributed by atoms with Gasteiger partial charge in [-0.05, 0) is 37.1 Å². The van der Waals surface area contributed by atoms with Crippen molar-refractivity contribution in [3.05, 3.63) is 39.3 Å². The fourth-order valence-electron chi connectivity index (χ4n) is 4.19. The highest BCUT2D eigenvalue weighted by Crippen LogP contribution is 2.45. The molecule has 0 radical (unpaired) electrons. The summed E-state index contributed by atoms with van der Waals surface area (Å²) in [4.78, 5) is 5.33. The molecule has 1 saturated heterocycles. The number of thioether (sulfide) groups is 1. The summed E-state index contributed by atoms with van der Waals surface area (Å²) in [7, 11) is 1.77. The third kappa shape index (κ3) is 4.27. The number of ether oxygens (including phenoxy) is 2. The Kier molecular flexibility index (Phi) is 6.24. The molecule has 4 heterocycles. The maximum Gasteiger partial charge on any atom is 0.105 e. The van der Waals surface area contributed by atoms with E-state index in [2.05, 4.69) is 33.2 Å². The van der Waals surface area contributed by atoms with Crippen molar-refractivity contribution < 1.29 is 9.47 Å². The number of thiophene rings is 1. The standard InChI is InChI=1S/C20H29N3O2S2/c1-24-15-18-11-17-3-9-25-20(19(17)27-18)4-6-22(7-5-20)13-16-12-21-23(14-16)8-10-26-2/h11-12,14H,3-10,13,15H2,1-2H3. The molecular weight excluding hydrogens is 378 g/mol. The molecule has 2 aromatic rings. The van der Waals surface area contributed by atoms with Gasteiger partial charge in [0.15, 0.2) is 0 Å². The van der Waals surface area contributed by atoms with Crippen LogP contribution in [0.3, 0.4) is 0 Å². The molecule has 0 aromatic carbocycles. The molecule has 7 heteroatoms. The second-order valence-corrected chi connectivity index (χ2v) is 9.60. The molecule has 2 aromatic heterocycles. The summed E-state index contributed by atoms with van der Waals surface area (Å²) in [6, 6.07) is 2.34. The summed E-state index contributed by atoms with van der Waals surface area (Å²) in [6.45, 7) is 5.68. The second-order valence-electron chi connectivity index (χ2n) is 7.47. The third-order valence-corrected chi connectivity index (χ3v) is 7.52. The van der Waals surface area contributed by atoms with Gasteiger partial charge in [-0.15, -0.1) is 11.3 Å². The molecule has 148 valence electrons. The molecular formula is C20H29N3O2S2. The number of methoxy groups -OCH3 is 1. The van der Waals surface area contributed by atoms with Crippen molar-refractivity contribution in [3.63, 3.8) is 0 Å². The summed E-state index contributed by atoms with van der Waals surface area (Å²) in [6.07, 6.45) is 9.55. The van der Waals surface area contributed by atoms with E-state index in [-0.39, 0.29) is 5.60 Å². The van der Waals surface area contributed by atoms with Crippen LogP contribution in [0.4, 0.5) is 0 Å². The largest absolute Gasteiger partial charge is 0.379 e. The van der Waals surface area contributed by atoms with Gasteiger partial charge in [-0.25, -0.2) is 0 Å². The van der Waals surface area contributed by atoms with E-state index in [1.54, 1.807) is 7.11 Å². The van der Waals surface area contributed by atoms with Crippen molar-refractivity contribution in [2.75, 3.05) is 38.8 Å². The molecule has 0 amide bonds. The number of fused-ring (bicyclic) bond motifs is 2. The Morgan fingerprint density at radius 1 is 1.37 bits per heavy atom. The van der Waals surface area contributed by atoms with E-state index >= 15 is 0 Å². The predicted molar refractivity (Wildman–Crippen MR) is 111 cm³/mol. The molecule has 5 nitrogen and oxygen atoms in total. The Labute approximate surface area is 170 Å². The van der Waals surface area contributed by atoms with Crippen molar-refractivity contribution in [2.45, 2.75) is 44.6 Å². The molecule has 0 atom stereocenters. The van der Waals surface area contributed by atoms with Crippen molar-refractivity contribution >= 4 is 23.1 Å². The van der Waals surface area contributed by atoms with Gasteiger partial charge in [0.05, 0.1) is 19.4 Å². The van der Waals surface area contributed by atoms with E-state index in [0.29, 0.717) is 6.61 Å². The number of nitrogens with zero attached hydrogens (tertiary/aromatic N) is 3. The van der Waals surface area contributed by atoms with E-state index in [9.17, 15) is 0 Å². The first kappa shape index (κ1) is 19.5. The summed E-state index contributed by atoms with van der Waals surface area (Å²) >= 11 is 3.76. The van der Waals surface area contributed by atoms with E-state index < -0.39 is 0 Å². The molecule has 0 N–H and O–H groups in total. The summed E-state index contributed by atoms with van der Waals surface area (Å²) in [5.74, 6) is 1.11. The molecule has 0 aliphatic carbocycles. The first-order valence-electron chi connectivity index (χ1n) is 9.70. The van der Waals surface area contributed by atoms with Crippen molar-refractivity contribution in [1.29, 1.82) is 0 Å². The van der Waals surface area contributed by atoms with Crippen LogP contribution >= 0.6 is 23.1 Å². The van der Waals surface area contributed by atoms with E-state index in [1.807, 2.05) is 29.3 Å². The van der Waals surface area contributed by atoms with Crippen LogP contribution in [0.25, 0.3) is 0 Å². The average Bonchev–Trinajstić information content (AvgIpc) is 3.30. The molecule has 27 heavy (non-hydrogen) atoms. The Hall–Kier alpha value is -0.860. The first-order chi connectivity index (χ1) is 13.2. The number of hydrogen-bond acceptors (Lipinski definition) is 6. The van der Waals surface area contributed by atoms with E-state index in [4.69, 9.17) is 9.47 Å². The monoisotopic (exact) mass is 407 g/mol. The average molecular weight is 408 g/mol. The van der Waals surface area contributed by atoms with Crippen LogP contribution < -0.4 is 0 Å². The number of likely N-dealkylation sites (tertiary alicyclic amines) is 1. The lowest BCUT2D eigenvalue weighted by atomic mass is 9.85. The quantitative estimate of drug-likeness (QED) is 0.702. The van der Waals surface area contributed by atoms with Crippen LogP contribution in [-0.2, 0) is 41.2 Å². The predicted octanol–water partition coefficient (Wildman–Crippen LogP) is 3.52.